The highest BCUT2D eigenvalue weighted by Gasteiger charge is 2.14. The van der Waals surface area contributed by atoms with Crippen LogP contribution in [0, 0.1) is 0 Å². The largest absolute Gasteiger partial charge is 0.491 e. The Morgan fingerprint density at radius 1 is 1.22 bits per heavy atom. The Balaban J connectivity index is 1.44. The second-order valence-electron chi connectivity index (χ2n) is 5.62. The highest BCUT2D eigenvalue weighted by Crippen LogP contribution is 2.21. The zero-order valence-electron chi connectivity index (χ0n) is 12.8. The molecular weight excluding hydrogens is 292 g/mol. The molecule has 1 atom stereocenters. The normalized spacial score (nSPS) is 18.2. The minimum atomic E-state index is 0.217. The van der Waals surface area contributed by atoms with E-state index in [2.05, 4.69) is 15.1 Å². The van der Waals surface area contributed by atoms with Crippen molar-refractivity contribution in [3.05, 3.63) is 42.7 Å². The lowest BCUT2D eigenvalue weighted by atomic mass is 10.1. The van der Waals surface area contributed by atoms with E-state index in [1.807, 2.05) is 36.5 Å². The summed E-state index contributed by atoms with van der Waals surface area (Å²) in [5.74, 6) is 2.09. The van der Waals surface area contributed by atoms with Gasteiger partial charge in [-0.3, -0.25) is 0 Å². The van der Waals surface area contributed by atoms with E-state index < -0.39 is 0 Å². The van der Waals surface area contributed by atoms with Crippen LogP contribution in [-0.4, -0.2) is 38.9 Å². The Bertz CT molecular complexity index is 746. The third-order valence-electron chi connectivity index (χ3n) is 3.94. The van der Waals surface area contributed by atoms with Gasteiger partial charge in [-0.15, -0.1) is 5.10 Å². The minimum Gasteiger partial charge on any atom is -0.491 e. The number of ether oxygens (including phenoxy) is 2. The fourth-order valence-electron chi connectivity index (χ4n) is 2.68. The molecule has 6 nitrogen and oxygen atoms in total. The van der Waals surface area contributed by atoms with E-state index in [-0.39, 0.29) is 6.10 Å². The van der Waals surface area contributed by atoms with Gasteiger partial charge in [0.25, 0.3) is 5.78 Å². The monoisotopic (exact) mass is 310 g/mol. The van der Waals surface area contributed by atoms with Crippen LogP contribution in [0.25, 0.3) is 17.2 Å². The number of rotatable bonds is 4. The summed E-state index contributed by atoms with van der Waals surface area (Å²) < 4.78 is 13.2. The van der Waals surface area contributed by atoms with Gasteiger partial charge in [0.2, 0.25) is 0 Å². The smallest absolute Gasteiger partial charge is 0.252 e. The third kappa shape index (κ3) is 3.17. The van der Waals surface area contributed by atoms with Crippen molar-refractivity contribution in [3.63, 3.8) is 0 Å². The average molecular weight is 310 g/mol. The predicted octanol–water partition coefficient (Wildman–Crippen LogP) is 2.74. The lowest BCUT2D eigenvalue weighted by molar-refractivity contribution is -0.0110. The van der Waals surface area contributed by atoms with Gasteiger partial charge in [-0.25, -0.2) is 9.50 Å². The maximum Gasteiger partial charge on any atom is 0.252 e. The fraction of sp³-hybridized carbons (Fsp3) is 0.353. The maximum absolute atomic E-state index is 5.81. The van der Waals surface area contributed by atoms with E-state index in [9.17, 15) is 0 Å². The Morgan fingerprint density at radius 3 is 2.91 bits per heavy atom. The highest BCUT2D eigenvalue weighted by atomic mass is 16.5. The van der Waals surface area contributed by atoms with Gasteiger partial charge < -0.3 is 9.47 Å². The molecule has 1 aliphatic rings. The van der Waals surface area contributed by atoms with Crippen LogP contribution >= 0.6 is 0 Å². The van der Waals surface area contributed by atoms with Crippen molar-refractivity contribution < 1.29 is 9.47 Å². The van der Waals surface area contributed by atoms with E-state index >= 15 is 0 Å². The van der Waals surface area contributed by atoms with Gasteiger partial charge in [-0.05, 0) is 49.6 Å². The number of hydrogen-bond acceptors (Lipinski definition) is 5. The summed E-state index contributed by atoms with van der Waals surface area (Å²) in [4.78, 5) is 8.59. The molecule has 0 radical (unpaired) electrons. The predicted molar refractivity (Wildman–Crippen MR) is 85.3 cm³/mol. The number of aromatic nitrogens is 4. The van der Waals surface area contributed by atoms with Crippen molar-refractivity contribution in [2.24, 2.45) is 0 Å². The van der Waals surface area contributed by atoms with Crippen LogP contribution in [-0.2, 0) is 4.74 Å². The molecule has 118 valence electrons. The van der Waals surface area contributed by atoms with Crippen molar-refractivity contribution in [2.75, 3.05) is 13.2 Å². The Kier molecular flexibility index (Phi) is 3.90. The van der Waals surface area contributed by atoms with Crippen LogP contribution in [0.4, 0.5) is 0 Å². The Hall–Kier alpha value is -2.47. The second-order valence-corrected chi connectivity index (χ2v) is 5.62. The van der Waals surface area contributed by atoms with Gasteiger partial charge in [0.1, 0.15) is 12.4 Å². The topological polar surface area (TPSA) is 61.5 Å². The van der Waals surface area contributed by atoms with Crippen LogP contribution in [0.3, 0.4) is 0 Å². The first-order valence-electron chi connectivity index (χ1n) is 7.91. The summed E-state index contributed by atoms with van der Waals surface area (Å²) in [7, 11) is 0. The van der Waals surface area contributed by atoms with Crippen LogP contribution in [0.2, 0.25) is 0 Å². The van der Waals surface area contributed by atoms with Gasteiger partial charge >= 0.3 is 0 Å². The zero-order valence-corrected chi connectivity index (χ0v) is 12.8. The summed E-state index contributed by atoms with van der Waals surface area (Å²) in [6, 6.07) is 9.64. The van der Waals surface area contributed by atoms with Crippen LogP contribution < -0.4 is 4.74 Å². The van der Waals surface area contributed by atoms with Crippen LogP contribution in [0.5, 0.6) is 5.75 Å². The van der Waals surface area contributed by atoms with Crippen molar-refractivity contribution in [1.29, 1.82) is 0 Å². The maximum atomic E-state index is 5.81. The van der Waals surface area contributed by atoms with E-state index in [0.717, 1.165) is 30.8 Å². The molecule has 2 aromatic heterocycles. The van der Waals surface area contributed by atoms with Crippen molar-refractivity contribution >= 4 is 5.78 Å². The number of fused-ring (bicyclic) bond motifs is 1. The molecule has 1 aliphatic heterocycles. The van der Waals surface area contributed by atoms with Crippen LogP contribution in [0.1, 0.15) is 19.3 Å². The van der Waals surface area contributed by atoms with Gasteiger partial charge in [-0.1, -0.05) is 0 Å². The molecule has 0 saturated carbocycles. The highest BCUT2D eigenvalue weighted by molar-refractivity contribution is 5.57. The van der Waals surface area contributed by atoms with Crippen molar-refractivity contribution in [3.8, 4) is 17.1 Å². The van der Waals surface area contributed by atoms with Gasteiger partial charge in [0, 0.05) is 24.6 Å². The summed E-state index contributed by atoms with van der Waals surface area (Å²) in [6.45, 7) is 1.45. The molecule has 4 rings (SSSR count). The first-order valence-corrected chi connectivity index (χ1v) is 7.91. The van der Waals surface area contributed by atoms with E-state index in [1.165, 1.54) is 6.42 Å². The minimum absolute atomic E-state index is 0.217. The summed E-state index contributed by atoms with van der Waals surface area (Å²) in [6.07, 6.45) is 7.22. The molecule has 1 unspecified atom stereocenters. The van der Waals surface area contributed by atoms with Crippen molar-refractivity contribution in [2.45, 2.75) is 25.4 Å². The molecule has 0 N–H and O–H groups in total. The van der Waals surface area contributed by atoms with Gasteiger partial charge in [-0.2, -0.15) is 4.98 Å². The quantitative estimate of drug-likeness (QED) is 0.741. The molecule has 6 heteroatoms. The van der Waals surface area contributed by atoms with E-state index in [1.54, 1.807) is 10.7 Å². The van der Waals surface area contributed by atoms with Crippen LogP contribution in [0.15, 0.2) is 42.7 Å². The summed E-state index contributed by atoms with van der Waals surface area (Å²) >= 11 is 0. The zero-order chi connectivity index (χ0) is 15.5. The molecular formula is C17H18N4O2. The molecule has 0 aliphatic carbocycles. The van der Waals surface area contributed by atoms with Crippen molar-refractivity contribution in [1.82, 2.24) is 19.6 Å². The molecule has 23 heavy (non-hydrogen) atoms. The number of nitrogens with zero attached hydrogens (tertiary/aromatic N) is 4. The second kappa shape index (κ2) is 6.34. The molecule has 1 aromatic carbocycles. The van der Waals surface area contributed by atoms with E-state index in [4.69, 9.17) is 9.47 Å². The van der Waals surface area contributed by atoms with Gasteiger partial charge in [0.05, 0.1) is 6.10 Å². The lowest BCUT2D eigenvalue weighted by Gasteiger charge is -2.22. The SMILES string of the molecule is c1cnc2nc(-c3ccc(OCC4CCCCO4)cc3)nn2c1. The first kappa shape index (κ1) is 14.1. The molecule has 3 aromatic rings. The third-order valence-corrected chi connectivity index (χ3v) is 3.94. The lowest BCUT2D eigenvalue weighted by Crippen LogP contribution is -2.25. The molecule has 0 bridgehead atoms. The molecule has 1 fully saturated rings. The molecule has 0 amide bonds. The summed E-state index contributed by atoms with van der Waals surface area (Å²) in [5, 5.41) is 4.41. The fourth-order valence-corrected chi connectivity index (χ4v) is 2.68. The van der Waals surface area contributed by atoms with Gasteiger partial charge in [0.15, 0.2) is 5.82 Å². The first-order chi connectivity index (χ1) is 11.4. The number of hydrogen-bond donors (Lipinski definition) is 0. The average Bonchev–Trinajstić information content (AvgIpc) is 3.05. The standard InChI is InChI=1S/C17H18N4O2/c1-2-11-22-15(4-1)12-23-14-7-5-13(6-8-14)16-19-17-18-9-3-10-21(17)20-16/h3,5-10,15H,1-2,4,11-12H2. The molecule has 1 saturated heterocycles. The Morgan fingerprint density at radius 2 is 2.13 bits per heavy atom. The molecule has 3 heterocycles. The molecule has 0 spiro atoms. The number of benzene rings is 1. The Labute approximate surface area is 134 Å². The summed E-state index contributed by atoms with van der Waals surface area (Å²) in [5.41, 5.74) is 0.941. The van der Waals surface area contributed by atoms with E-state index in [0.29, 0.717) is 18.2 Å².